The van der Waals surface area contributed by atoms with Gasteiger partial charge in [0, 0.05) is 11.9 Å². The first-order valence-electron chi connectivity index (χ1n) is 8.87. The number of hydrogen-bond donors (Lipinski definition) is 2. The first-order valence-corrected chi connectivity index (χ1v) is 9.27. The number of nitrogens with zero attached hydrogens (tertiary/aromatic N) is 2. The van der Waals surface area contributed by atoms with E-state index in [9.17, 15) is 0 Å². The summed E-state index contributed by atoms with van der Waals surface area (Å²) in [5, 5.41) is 11.3. The predicted octanol–water partition coefficient (Wildman–Crippen LogP) is 4.87. The van der Waals surface area contributed by atoms with E-state index in [2.05, 4.69) is 41.7 Å². The fraction of sp³-hybridized carbons (Fsp3) is 0.238. The Kier molecular flexibility index (Phi) is 6.08. The van der Waals surface area contributed by atoms with E-state index in [1.165, 1.54) is 5.56 Å². The topological polar surface area (TPSA) is 51.1 Å². The highest BCUT2D eigenvalue weighted by molar-refractivity contribution is 7.80. The number of ether oxygens (including phenoxy) is 1. The molecule has 27 heavy (non-hydrogen) atoms. The molecule has 6 heteroatoms. The van der Waals surface area contributed by atoms with Gasteiger partial charge in [-0.25, -0.2) is 0 Å². The fourth-order valence-corrected chi connectivity index (χ4v) is 2.95. The molecule has 140 valence electrons. The van der Waals surface area contributed by atoms with Gasteiger partial charge in [0.2, 0.25) is 0 Å². The summed E-state index contributed by atoms with van der Waals surface area (Å²) < 4.78 is 7.12. The average molecular weight is 381 g/mol. The molecule has 0 atom stereocenters. The van der Waals surface area contributed by atoms with E-state index < -0.39 is 0 Å². The molecular weight excluding hydrogens is 356 g/mol. The number of nitrogens with one attached hydrogen (secondary N) is 2. The van der Waals surface area contributed by atoms with Crippen LogP contribution < -0.4 is 15.4 Å². The van der Waals surface area contributed by atoms with Crippen molar-refractivity contribution in [1.29, 1.82) is 0 Å². The Balaban J connectivity index is 1.57. The lowest BCUT2D eigenvalue weighted by Gasteiger charge is -2.10. The van der Waals surface area contributed by atoms with E-state index in [1.807, 2.05) is 47.3 Å². The highest BCUT2D eigenvalue weighted by Crippen LogP contribution is 2.18. The summed E-state index contributed by atoms with van der Waals surface area (Å²) in [7, 11) is 1.67. The van der Waals surface area contributed by atoms with Crippen molar-refractivity contribution in [2.75, 3.05) is 17.7 Å². The van der Waals surface area contributed by atoms with Crippen LogP contribution in [0.3, 0.4) is 0 Å². The number of rotatable bonds is 6. The maximum Gasteiger partial charge on any atom is 0.175 e. The van der Waals surface area contributed by atoms with Crippen LogP contribution in [0, 0.1) is 0 Å². The molecule has 0 saturated carbocycles. The third kappa shape index (κ3) is 5.31. The number of hydrogen-bond acceptors (Lipinski definition) is 3. The van der Waals surface area contributed by atoms with E-state index in [1.54, 1.807) is 13.3 Å². The molecule has 0 saturated heterocycles. The number of benzene rings is 2. The number of methoxy groups -OCH3 is 1. The summed E-state index contributed by atoms with van der Waals surface area (Å²) in [4.78, 5) is 0. The zero-order valence-corrected chi connectivity index (χ0v) is 16.6. The van der Waals surface area contributed by atoms with Gasteiger partial charge in [0.05, 0.1) is 25.5 Å². The summed E-state index contributed by atoms with van der Waals surface area (Å²) in [6.07, 6.45) is 3.69. The largest absolute Gasteiger partial charge is 0.497 e. The molecule has 0 unspecified atom stereocenters. The van der Waals surface area contributed by atoms with Crippen molar-refractivity contribution in [3.8, 4) is 5.75 Å². The van der Waals surface area contributed by atoms with Crippen LogP contribution in [-0.2, 0) is 6.54 Å². The van der Waals surface area contributed by atoms with E-state index in [-0.39, 0.29) is 0 Å². The minimum absolute atomic E-state index is 0.513. The molecular formula is C21H24N4OS. The molecule has 0 aliphatic heterocycles. The summed E-state index contributed by atoms with van der Waals surface area (Å²) in [6.45, 7) is 5.02. The third-order valence-corrected chi connectivity index (χ3v) is 4.41. The highest BCUT2D eigenvalue weighted by Gasteiger charge is 2.04. The molecule has 0 fully saturated rings. The Morgan fingerprint density at radius 2 is 1.85 bits per heavy atom. The Morgan fingerprint density at radius 1 is 1.11 bits per heavy atom. The first-order chi connectivity index (χ1) is 13.0. The number of aromatic nitrogens is 2. The summed E-state index contributed by atoms with van der Waals surface area (Å²) in [5.74, 6) is 1.35. The average Bonchev–Trinajstić information content (AvgIpc) is 3.08. The molecule has 3 rings (SSSR count). The van der Waals surface area contributed by atoms with Crippen molar-refractivity contribution in [1.82, 2.24) is 9.78 Å². The Bertz CT molecular complexity index is 903. The second-order valence-electron chi connectivity index (χ2n) is 6.63. The maximum absolute atomic E-state index is 5.40. The molecule has 5 nitrogen and oxygen atoms in total. The fourth-order valence-electron chi connectivity index (χ4n) is 2.72. The summed E-state index contributed by atoms with van der Waals surface area (Å²) in [5.41, 5.74) is 4.23. The third-order valence-electron chi connectivity index (χ3n) is 4.21. The quantitative estimate of drug-likeness (QED) is 0.598. The van der Waals surface area contributed by atoms with Gasteiger partial charge in [0.15, 0.2) is 5.11 Å². The number of anilines is 2. The molecule has 0 radical (unpaired) electrons. The second kappa shape index (κ2) is 8.68. The molecule has 2 N–H and O–H groups in total. The van der Waals surface area contributed by atoms with Crippen LogP contribution in [0.5, 0.6) is 5.75 Å². The second-order valence-corrected chi connectivity index (χ2v) is 7.04. The Hall–Kier alpha value is -2.86. The SMILES string of the molecule is COc1cccc(Cn2cc(NC(=S)Nc3ccc(C(C)C)cc3)cn2)c1. The Morgan fingerprint density at radius 3 is 2.56 bits per heavy atom. The van der Waals surface area contributed by atoms with Crippen LogP contribution in [-0.4, -0.2) is 22.0 Å². The van der Waals surface area contributed by atoms with Crippen molar-refractivity contribution >= 4 is 28.7 Å². The Labute approximate surface area is 165 Å². The van der Waals surface area contributed by atoms with Gasteiger partial charge < -0.3 is 15.4 Å². The van der Waals surface area contributed by atoms with Crippen molar-refractivity contribution in [3.63, 3.8) is 0 Å². The van der Waals surface area contributed by atoms with Gasteiger partial charge in [-0.3, -0.25) is 4.68 Å². The molecule has 3 aromatic rings. The van der Waals surface area contributed by atoms with Crippen LogP contribution in [0.25, 0.3) is 0 Å². The molecule has 0 amide bonds. The van der Waals surface area contributed by atoms with Crippen molar-refractivity contribution in [2.45, 2.75) is 26.3 Å². The van der Waals surface area contributed by atoms with Crippen LogP contribution in [0.15, 0.2) is 60.9 Å². The van der Waals surface area contributed by atoms with Crippen LogP contribution in [0.4, 0.5) is 11.4 Å². The van der Waals surface area contributed by atoms with Gasteiger partial charge in [0.25, 0.3) is 0 Å². The molecule has 2 aromatic carbocycles. The molecule has 1 aromatic heterocycles. The van der Waals surface area contributed by atoms with Crippen LogP contribution in [0.2, 0.25) is 0 Å². The van der Waals surface area contributed by atoms with Crippen molar-refractivity contribution in [3.05, 3.63) is 72.1 Å². The molecule has 0 bridgehead atoms. The molecule has 1 heterocycles. The lowest BCUT2D eigenvalue weighted by Crippen LogP contribution is -2.18. The lowest BCUT2D eigenvalue weighted by atomic mass is 10.0. The van der Waals surface area contributed by atoms with Gasteiger partial charge in [-0.1, -0.05) is 38.1 Å². The minimum Gasteiger partial charge on any atom is -0.497 e. The van der Waals surface area contributed by atoms with Gasteiger partial charge in [0.1, 0.15) is 5.75 Å². The smallest absolute Gasteiger partial charge is 0.175 e. The van der Waals surface area contributed by atoms with E-state index in [4.69, 9.17) is 17.0 Å². The normalized spacial score (nSPS) is 10.7. The lowest BCUT2D eigenvalue weighted by molar-refractivity contribution is 0.414. The van der Waals surface area contributed by atoms with E-state index >= 15 is 0 Å². The molecule has 0 spiro atoms. The van der Waals surface area contributed by atoms with Crippen molar-refractivity contribution < 1.29 is 4.74 Å². The predicted molar refractivity (Wildman–Crippen MR) is 115 cm³/mol. The standard InChI is InChI=1S/C21H24N4OS/c1-15(2)17-7-9-18(10-8-17)23-21(27)24-19-12-22-25(14-19)13-16-5-4-6-20(11-16)26-3/h4-12,14-15H,13H2,1-3H3,(H2,23,24,27). The molecule has 0 aliphatic carbocycles. The minimum atomic E-state index is 0.513. The van der Waals surface area contributed by atoms with Gasteiger partial charge in [-0.05, 0) is 53.5 Å². The summed E-state index contributed by atoms with van der Waals surface area (Å²) in [6, 6.07) is 16.2. The van der Waals surface area contributed by atoms with Crippen molar-refractivity contribution in [2.24, 2.45) is 0 Å². The zero-order valence-electron chi connectivity index (χ0n) is 15.8. The van der Waals surface area contributed by atoms with Gasteiger partial charge >= 0.3 is 0 Å². The maximum atomic E-state index is 5.40. The van der Waals surface area contributed by atoms with E-state index in [0.29, 0.717) is 17.6 Å². The van der Waals surface area contributed by atoms with Gasteiger partial charge in [-0.2, -0.15) is 5.10 Å². The zero-order chi connectivity index (χ0) is 19.2. The number of thiocarbonyl (C=S) groups is 1. The summed E-state index contributed by atoms with van der Waals surface area (Å²) >= 11 is 5.40. The highest BCUT2D eigenvalue weighted by atomic mass is 32.1. The van der Waals surface area contributed by atoms with Crippen LogP contribution in [0.1, 0.15) is 30.9 Å². The van der Waals surface area contributed by atoms with Gasteiger partial charge in [-0.15, -0.1) is 0 Å². The first kappa shape index (κ1) is 18.9. The molecule has 0 aliphatic rings. The van der Waals surface area contributed by atoms with E-state index in [0.717, 1.165) is 22.7 Å². The van der Waals surface area contributed by atoms with Crippen LogP contribution >= 0.6 is 12.2 Å². The monoisotopic (exact) mass is 380 g/mol.